The summed E-state index contributed by atoms with van der Waals surface area (Å²) in [7, 11) is 0. The van der Waals surface area contributed by atoms with Crippen LogP contribution >= 0.6 is 0 Å². The topological polar surface area (TPSA) is 20.3 Å². The Bertz CT molecular complexity index is 144. The van der Waals surface area contributed by atoms with Gasteiger partial charge in [-0.2, -0.15) is 0 Å². The van der Waals surface area contributed by atoms with Gasteiger partial charge in [-0.1, -0.05) is 20.3 Å². The highest BCUT2D eigenvalue weighted by atomic mass is 16.2. The standard InChI is InChI=1S/C9H17NO/c1-3-5-10-7-8(4-2)6-9(10)11/h8H,3-7H2,1-2H3. The molecular weight excluding hydrogens is 138 g/mol. The summed E-state index contributed by atoms with van der Waals surface area (Å²) >= 11 is 0. The van der Waals surface area contributed by atoms with Gasteiger partial charge < -0.3 is 4.90 Å². The molecule has 0 spiro atoms. The quantitative estimate of drug-likeness (QED) is 0.607. The molecule has 0 radical (unpaired) electrons. The van der Waals surface area contributed by atoms with E-state index in [4.69, 9.17) is 0 Å². The minimum Gasteiger partial charge on any atom is -0.342 e. The summed E-state index contributed by atoms with van der Waals surface area (Å²) in [6.07, 6.45) is 3.02. The highest BCUT2D eigenvalue weighted by Gasteiger charge is 2.26. The molecule has 1 heterocycles. The molecular formula is C9H17NO. The predicted octanol–water partition coefficient (Wildman–Crippen LogP) is 1.65. The molecule has 1 atom stereocenters. The van der Waals surface area contributed by atoms with Crippen molar-refractivity contribution >= 4 is 5.91 Å². The molecule has 1 fully saturated rings. The number of likely N-dealkylation sites (tertiary alicyclic amines) is 1. The smallest absolute Gasteiger partial charge is 0.222 e. The summed E-state index contributed by atoms with van der Waals surface area (Å²) in [6.45, 7) is 6.23. The molecule has 1 unspecified atom stereocenters. The molecule has 0 N–H and O–H groups in total. The van der Waals surface area contributed by atoms with E-state index in [1.165, 1.54) is 0 Å². The molecule has 1 aliphatic rings. The second kappa shape index (κ2) is 3.74. The van der Waals surface area contributed by atoms with E-state index in [-0.39, 0.29) is 0 Å². The zero-order chi connectivity index (χ0) is 8.27. The van der Waals surface area contributed by atoms with Crippen LogP contribution in [0.25, 0.3) is 0 Å². The Hall–Kier alpha value is -0.530. The zero-order valence-electron chi connectivity index (χ0n) is 7.47. The molecule has 0 bridgehead atoms. The Balaban J connectivity index is 2.38. The SMILES string of the molecule is CCCN1CC(CC)CC1=O. The van der Waals surface area contributed by atoms with Gasteiger partial charge in [0.15, 0.2) is 0 Å². The first-order chi connectivity index (χ1) is 5.27. The van der Waals surface area contributed by atoms with Crippen LogP contribution in [0.4, 0.5) is 0 Å². The minimum absolute atomic E-state index is 0.360. The van der Waals surface area contributed by atoms with Gasteiger partial charge in [-0.05, 0) is 12.3 Å². The molecule has 2 nitrogen and oxygen atoms in total. The molecule has 1 rings (SSSR count). The van der Waals surface area contributed by atoms with Gasteiger partial charge in [0, 0.05) is 19.5 Å². The van der Waals surface area contributed by atoms with Gasteiger partial charge in [0.25, 0.3) is 0 Å². The second-order valence-corrected chi connectivity index (χ2v) is 3.32. The first-order valence-electron chi connectivity index (χ1n) is 4.55. The molecule has 0 aromatic heterocycles. The number of amides is 1. The zero-order valence-corrected chi connectivity index (χ0v) is 7.47. The first-order valence-corrected chi connectivity index (χ1v) is 4.55. The molecule has 1 amide bonds. The first kappa shape index (κ1) is 8.57. The van der Waals surface area contributed by atoms with Gasteiger partial charge in [-0.3, -0.25) is 4.79 Å². The highest BCUT2D eigenvalue weighted by Crippen LogP contribution is 2.20. The Morgan fingerprint density at radius 1 is 1.55 bits per heavy atom. The molecule has 64 valence electrons. The Morgan fingerprint density at radius 3 is 2.73 bits per heavy atom. The monoisotopic (exact) mass is 155 g/mol. The average Bonchev–Trinajstić information content (AvgIpc) is 2.33. The Labute approximate surface area is 68.6 Å². The second-order valence-electron chi connectivity index (χ2n) is 3.32. The number of nitrogens with zero attached hydrogens (tertiary/aromatic N) is 1. The van der Waals surface area contributed by atoms with E-state index in [0.717, 1.165) is 32.4 Å². The molecule has 1 aliphatic heterocycles. The van der Waals surface area contributed by atoms with Crippen molar-refractivity contribution in [1.29, 1.82) is 0 Å². The van der Waals surface area contributed by atoms with Crippen LogP contribution in [0, 0.1) is 5.92 Å². The fraction of sp³-hybridized carbons (Fsp3) is 0.889. The van der Waals surface area contributed by atoms with Crippen LogP contribution in [0.3, 0.4) is 0 Å². The summed E-state index contributed by atoms with van der Waals surface area (Å²) in [6, 6.07) is 0. The van der Waals surface area contributed by atoms with Gasteiger partial charge in [-0.25, -0.2) is 0 Å². The lowest BCUT2D eigenvalue weighted by atomic mass is 10.1. The normalized spacial score (nSPS) is 24.7. The Morgan fingerprint density at radius 2 is 2.27 bits per heavy atom. The van der Waals surface area contributed by atoms with Crippen molar-refractivity contribution in [3.05, 3.63) is 0 Å². The molecule has 0 saturated carbocycles. The summed E-state index contributed by atoms with van der Waals surface area (Å²) in [5.74, 6) is 0.993. The highest BCUT2D eigenvalue weighted by molar-refractivity contribution is 5.78. The summed E-state index contributed by atoms with van der Waals surface area (Å²) < 4.78 is 0. The third-order valence-electron chi connectivity index (χ3n) is 2.37. The maximum absolute atomic E-state index is 11.3. The summed E-state index contributed by atoms with van der Waals surface area (Å²) in [5, 5.41) is 0. The Kier molecular flexibility index (Phi) is 2.92. The fourth-order valence-electron chi connectivity index (χ4n) is 1.61. The van der Waals surface area contributed by atoms with Crippen LogP contribution in [0.2, 0.25) is 0 Å². The van der Waals surface area contributed by atoms with Crippen molar-refractivity contribution in [2.45, 2.75) is 33.1 Å². The van der Waals surface area contributed by atoms with E-state index >= 15 is 0 Å². The third kappa shape index (κ3) is 1.95. The third-order valence-corrected chi connectivity index (χ3v) is 2.37. The number of hydrogen-bond acceptors (Lipinski definition) is 1. The molecule has 0 aromatic rings. The number of carbonyl (C=O) groups is 1. The van der Waals surface area contributed by atoms with E-state index in [1.54, 1.807) is 0 Å². The maximum Gasteiger partial charge on any atom is 0.222 e. The van der Waals surface area contributed by atoms with Gasteiger partial charge in [0.2, 0.25) is 5.91 Å². The van der Waals surface area contributed by atoms with Crippen molar-refractivity contribution in [3.8, 4) is 0 Å². The van der Waals surface area contributed by atoms with E-state index in [0.29, 0.717) is 11.8 Å². The van der Waals surface area contributed by atoms with Crippen LogP contribution < -0.4 is 0 Å². The van der Waals surface area contributed by atoms with Crippen molar-refractivity contribution in [2.75, 3.05) is 13.1 Å². The van der Waals surface area contributed by atoms with E-state index < -0.39 is 0 Å². The lowest BCUT2D eigenvalue weighted by molar-refractivity contribution is -0.127. The molecule has 11 heavy (non-hydrogen) atoms. The molecule has 2 heteroatoms. The summed E-state index contributed by atoms with van der Waals surface area (Å²) in [5.41, 5.74) is 0. The number of carbonyl (C=O) groups excluding carboxylic acids is 1. The minimum atomic E-state index is 0.360. The van der Waals surface area contributed by atoms with Crippen LogP contribution in [-0.4, -0.2) is 23.9 Å². The largest absolute Gasteiger partial charge is 0.342 e. The van der Waals surface area contributed by atoms with Crippen molar-refractivity contribution in [2.24, 2.45) is 5.92 Å². The maximum atomic E-state index is 11.3. The lowest BCUT2D eigenvalue weighted by Gasteiger charge is -2.14. The van der Waals surface area contributed by atoms with E-state index in [9.17, 15) is 4.79 Å². The molecule has 0 aromatic carbocycles. The average molecular weight is 155 g/mol. The van der Waals surface area contributed by atoms with Crippen LogP contribution in [0.15, 0.2) is 0 Å². The van der Waals surface area contributed by atoms with Crippen molar-refractivity contribution in [3.63, 3.8) is 0 Å². The molecule has 1 saturated heterocycles. The van der Waals surface area contributed by atoms with Gasteiger partial charge in [0.1, 0.15) is 0 Å². The van der Waals surface area contributed by atoms with Gasteiger partial charge in [-0.15, -0.1) is 0 Å². The number of hydrogen-bond donors (Lipinski definition) is 0. The fourth-order valence-corrected chi connectivity index (χ4v) is 1.61. The summed E-state index contributed by atoms with van der Waals surface area (Å²) in [4.78, 5) is 13.3. The van der Waals surface area contributed by atoms with Gasteiger partial charge in [0.05, 0.1) is 0 Å². The van der Waals surface area contributed by atoms with Crippen LogP contribution in [0.1, 0.15) is 33.1 Å². The lowest BCUT2D eigenvalue weighted by Crippen LogP contribution is -2.25. The van der Waals surface area contributed by atoms with Crippen LogP contribution in [0.5, 0.6) is 0 Å². The van der Waals surface area contributed by atoms with Crippen LogP contribution in [-0.2, 0) is 4.79 Å². The van der Waals surface area contributed by atoms with E-state index in [2.05, 4.69) is 13.8 Å². The van der Waals surface area contributed by atoms with E-state index in [1.807, 2.05) is 4.90 Å². The van der Waals surface area contributed by atoms with Crippen molar-refractivity contribution < 1.29 is 4.79 Å². The molecule has 0 aliphatic carbocycles. The predicted molar refractivity (Wildman–Crippen MR) is 45.3 cm³/mol. The van der Waals surface area contributed by atoms with Gasteiger partial charge >= 0.3 is 0 Å². The number of rotatable bonds is 3. The van der Waals surface area contributed by atoms with Crippen molar-refractivity contribution in [1.82, 2.24) is 4.90 Å².